The summed E-state index contributed by atoms with van der Waals surface area (Å²) in [6.45, 7) is 1.73. The lowest BCUT2D eigenvalue weighted by molar-refractivity contribution is -0.147. The van der Waals surface area contributed by atoms with Crippen LogP contribution in [0.4, 0.5) is 5.69 Å². The third-order valence-electron chi connectivity index (χ3n) is 5.62. The molecule has 0 aromatic heterocycles. The molecule has 0 N–H and O–H groups in total. The Kier molecular flexibility index (Phi) is 7.41. The number of benzene rings is 3. The fourth-order valence-electron chi connectivity index (χ4n) is 3.64. The van der Waals surface area contributed by atoms with Crippen molar-refractivity contribution in [1.82, 2.24) is 0 Å². The van der Waals surface area contributed by atoms with E-state index in [-0.39, 0.29) is 24.6 Å². The normalized spacial score (nSPS) is 15.1. The van der Waals surface area contributed by atoms with Crippen LogP contribution in [-0.4, -0.2) is 36.8 Å². The van der Waals surface area contributed by atoms with Crippen LogP contribution in [0, 0.1) is 12.8 Å². The first kappa shape index (κ1) is 24.3. The Bertz CT molecular complexity index is 1250. The van der Waals surface area contributed by atoms with Crippen LogP contribution in [0.2, 0.25) is 0 Å². The maximum absolute atomic E-state index is 12.5. The molecule has 1 fully saturated rings. The van der Waals surface area contributed by atoms with Crippen LogP contribution in [0.15, 0.2) is 77.3 Å². The van der Waals surface area contributed by atoms with Gasteiger partial charge in [0.2, 0.25) is 5.91 Å². The van der Waals surface area contributed by atoms with Crippen molar-refractivity contribution >= 4 is 45.2 Å². The Morgan fingerprint density at radius 1 is 0.914 bits per heavy atom. The highest BCUT2D eigenvalue weighted by atomic mass is 79.9. The molecule has 0 bridgehead atoms. The van der Waals surface area contributed by atoms with E-state index in [9.17, 15) is 19.2 Å². The van der Waals surface area contributed by atoms with Gasteiger partial charge in [0.1, 0.15) is 5.75 Å². The van der Waals surface area contributed by atoms with Gasteiger partial charge in [-0.2, -0.15) is 0 Å². The number of halogens is 1. The maximum atomic E-state index is 12.5. The maximum Gasteiger partial charge on any atom is 0.343 e. The molecule has 35 heavy (non-hydrogen) atoms. The molecule has 1 aliphatic heterocycles. The first-order chi connectivity index (χ1) is 16.8. The molecule has 1 amide bonds. The van der Waals surface area contributed by atoms with Crippen LogP contribution in [0.1, 0.15) is 32.7 Å². The predicted octanol–water partition coefficient (Wildman–Crippen LogP) is 4.76. The molecule has 1 saturated heterocycles. The Hall–Kier alpha value is -3.78. The molecule has 8 heteroatoms. The number of hydrogen-bond donors (Lipinski definition) is 0. The molecular weight excluding hydrogens is 514 g/mol. The molecule has 4 rings (SSSR count). The van der Waals surface area contributed by atoms with Gasteiger partial charge in [-0.25, -0.2) is 4.79 Å². The number of aryl methyl sites for hydroxylation is 1. The number of nitrogens with zero attached hydrogens (tertiary/aromatic N) is 1. The number of esters is 2. The van der Waals surface area contributed by atoms with E-state index >= 15 is 0 Å². The van der Waals surface area contributed by atoms with Crippen LogP contribution in [0.25, 0.3) is 0 Å². The zero-order valence-electron chi connectivity index (χ0n) is 18.9. The first-order valence-electron chi connectivity index (χ1n) is 10.9. The van der Waals surface area contributed by atoms with E-state index in [1.165, 1.54) is 24.3 Å². The number of carbonyl (C=O) groups excluding carboxylic acids is 4. The second kappa shape index (κ2) is 10.7. The van der Waals surface area contributed by atoms with Crippen molar-refractivity contribution in [2.45, 2.75) is 13.3 Å². The SMILES string of the molecule is Cc1ccc(N2CC(C(=O)OCC(=O)c3ccc(OC(=O)c4ccc(Br)cc4)cc3)CC2=O)cc1. The van der Waals surface area contributed by atoms with Crippen LogP contribution in [0.5, 0.6) is 5.75 Å². The summed E-state index contributed by atoms with van der Waals surface area (Å²) in [5.41, 5.74) is 2.51. The number of amides is 1. The molecule has 7 nitrogen and oxygen atoms in total. The van der Waals surface area contributed by atoms with Crippen molar-refractivity contribution in [2.75, 3.05) is 18.1 Å². The van der Waals surface area contributed by atoms with Gasteiger partial charge in [0.05, 0.1) is 11.5 Å². The van der Waals surface area contributed by atoms with Crippen molar-refractivity contribution in [2.24, 2.45) is 5.92 Å². The third-order valence-corrected chi connectivity index (χ3v) is 6.14. The lowest BCUT2D eigenvalue weighted by Crippen LogP contribution is -2.27. The molecular formula is C27H22BrNO6. The van der Waals surface area contributed by atoms with E-state index in [0.717, 1.165) is 15.7 Å². The predicted molar refractivity (Wildman–Crippen MR) is 132 cm³/mol. The summed E-state index contributed by atoms with van der Waals surface area (Å²) in [5, 5.41) is 0. The Morgan fingerprint density at radius 2 is 1.54 bits per heavy atom. The standard InChI is InChI=1S/C27H22BrNO6/c1-17-2-10-22(11-3-17)29-15-20(14-25(29)31)26(32)34-16-24(30)18-6-12-23(13-7-18)35-27(33)19-4-8-21(28)9-5-19/h2-13,20H,14-16H2,1H3. The summed E-state index contributed by atoms with van der Waals surface area (Å²) >= 11 is 3.31. The molecule has 0 aliphatic carbocycles. The van der Waals surface area contributed by atoms with E-state index in [2.05, 4.69) is 15.9 Å². The summed E-state index contributed by atoms with van der Waals surface area (Å²) < 4.78 is 11.4. The smallest absolute Gasteiger partial charge is 0.343 e. The molecule has 0 radical (unpaired) electrons. The van der Waals surface area contributed by atoms with Crippen molar-refractivity contribution in [3.05, 3.63) is 94.0 Å². The minimum atomic E-state index is -0.628. The number of anilines is 1. The van der Waals surface area contributed by atoms with E-state index in [0.29, 0.717) is 11.1 Å². The van der Waals surface area contributed by atoms with Gasteiger partial charge in [-0.3, -0.25) is 14.4 Å². The third kappa shape index (κ3) is 6.02. The Balaban J connectivity index is 1.28. The number of ketones is 1. The topological polar surface area (TPSA) is 90.0 Å². The number of ether oxygens (including phenoxy) is 2. The van der Waals surface area contributed by atoms with Crippen LogP contribution >= 0.6 is 15.9 Å². The highest BCUT2D eigenvalue weighted by Crippen LogP contribution is 2.26. The summed E-state index contributed by atoms with van der Waals surface area (Å²) in [7, 11) is 0. The number of carbonyl (C=O) groups is 4. The monoisotopic (exact) mass is 535 g/mol. The van der Waals surface area contributed by atoms with Crippen molar-refractivity contribution in [3.8, 4) is 5.75 Å². The van der Waals surface area contributed by atoms with E-state index in [1.807, 2.05) is 31.2 Å². The number of Topliss-reactive ketones (excluding diaryl/α,β-unsaturated/α-hetero) is 1. The van der Waals surface area contributed by atoms with E-state index in [1.54, 1.807) is 29.2 Å². The Morgan fingerprint density at radius 3 is 2.20 bits per heavy atom. The number of hydrogen-bond acceptors (Lipinski definition) is 6. The largest absolute Gasteiger partial charge is 0.457 e. The van der Waals surface area contributed by atoms with Crippen LogP contribution in [-0.2, 0) is 14.3 Å². The zero-order chi connectivity index (χ0) is 24.9. The molecule has 1 aliphatic rings. The van der Waals surface area contributed by atoms with Crippen molar-refractivity contribution in [3.63, 3.8) is 0 Å². The van der Waals surface area contributed by atoms with E-state index < -0.39 is 30.2 Å². The van der Waals surface area contributed by atoms with E-state index in [4.69, 9.17) is 9.47 Å². The molecule has 178 valence electrons. The molecule has 1 unspecified atom stereocenters. The first-order valence-corrected chi connectivity index (χ1v) is 11.7. The van der Waals surface area contributed by atoms with Gasteiger partial charge in [0.25, 0.3) is 0 Å². The van der Waals surface area contributed by atoms with Gasteiger partial charge in [0, 0.05) is 28.7 Å². The van der Waals surface area contributed by atoms with Crippen molar-refractivity contribution < 1.29 is 28.7 Å². The summed E-state index contributed by atoms with van der Waals surface area (Å²) in [5.74, 6) is -2.00. The molecule has 0 saturated carbocycles. The lowest BCUT2D eigenvalue weighted by atomic mass is 10.1. The molecule has 1 atom stereocenters. The average Bonchev–Trinajstić information content (AvgIpc) is 3.25. The second-order valence-corrected chi connectivity index (χ2v) is 9.11. The number of rotatable bonds is 7. The molecule has 3 aromatic rings. The fraction of sp³-hybridized carbons (Fsp3) is 0.185. The van der Waals surface area contributed by atoms with Gasteiger partial charge in [-0.1, -0.05) is 33.6 Å². The average molecular weight is 536 g/mol. The van der Waals surface area contributed by atoms with Gasteiger partial charge >= 0.3 is 11.9 Å². The zero-order valence-corrected chi connectivity index (χ0v) is 20.5. The second-order valence-electron chi connectivity index (χ2n) is 8.19. The van der Waals surface area contributed by atoms with Gasteiger partial charge in [-0.05, 0) is 67.6 Å². The molecule has 0 spiro atoms. The quantitative estimate of drug-likeness (QED) is 0.246. The van der Waals surface area contributed by atoms with Crippen LogP contribution < -0.4 is 9.64 Å². The molecule has 3 aromatic carbocycles. The summed E-state index contributed by atoms with van der Waals surface area (Å²) in [6, 6.07) is 20.2. The molecule has 1 heterocycles. The van der Waals surface area contributed by atoms with Gasteiger partial charge < -0.3 is 14.4 Å². The highest BCUT2D eigenvalue weighted by Gasteiger charge is 2.36. The summed E-state index contributed by atoms with van der Waals surface area (Å²) in [6.07, 6.45) is 0.0410. The van der Waals surface area contributed by atoms with Gasteiger partial charge in [-0.15, -0.1) is 0 Å². The fourth-order valence-corrected chi connectivity index (χ4v) is 3.90. The van der Waals surface area contributed by atoms with Crippen LogP contribution in [0.3, 0.4) is 0 Å². The minimum Gasteiger partial charge on any atom is -0.457 e. The highest BCUT2D eigenvalue weighted by molar-refractivity contribution is 9.10. The minimum absolute atomic E-state index is 0.0410. The lowest BCUT2D eigenvalue weighted by Gasteiger charge is -2.16. The summed E-state index contributed by atoms with van der Waals surface area (Å²) in [4.78, 5) is 51.1. The van der Waals surface area contributed by atoms with Crippen molar-refractivity contribution in [1.29, 1.82) is 0 Å². The Labute approximate surface area is 210 Å². The van der Waals surface area contributed by atoms with Gasteiger partial charge in [0.15, 0.2) is 12.4 Å².